The van der Waals surface area contributed by atoms with Crippen molar-refractivity contribution >= 4 is 11.9 Å². The number of carbonyl (C=O) groups excluding carboxylic acids is 1. The largest absolute Gasteiger partial charge is 0.469 e. The molecule has 1 aromatic heterocycles. The summed E-state index contributed by atoms with van der Waals surface area (Å²) in [6.45, 7) is 0.754. The van der Waals surface area contributed by atoms with E-state index < -0.39 is 6.29 Å². The lowest BCUT2D eigenvalue weighted by molar-refractivity contribution is -0.140. The zero-order valence-corrected chi connectivity index (χ0v) is 11.3. The number of nitrogens with zero attached hydrogens (tertiary/aromatic N) is 3. The summed E-state index contributed by atoms with van der Waals surface area (Å²) in [7, 11) is 4.51. The second kappa shape index (κ2) is 5.98. The van der Waals surface area contributed by atoms with Crippen LogP contribution >= 0.6 is 0 Å². The number of hydrogen-bond acceptors (Lipinski definition) is 7. The molecule has 1 atom stereocenters. The van der Waals surface area contributed by atoms with Crippen molar-refractivity contribution in [3.05, 3.63) is 5.82 Å². The van der Waals surface area contributed by atoms with E-state index in [1.807, 2.05) is 0 Å². The van der Waals surface area contributed by atoms with E-state index >= 15 is 0 Å². The maximum Gasteiger partial charge on any atom is 0.313 e. The molecule has 2 rings (SSSR count). The molecule has 1 N–H and O–H groups in total. The van der Waals surface area contributed by atoms with Gasteiger partial charge in [0.05, 0.1) is 7.11 Å². The Morgan fingerprint density at radius 3 is 2.84 bits per heavy atom. The van der Waals surface area contributed by atoms with Gasteiger partial charge >= 0.3 is 5.97 Å². The number of hydrogen-bond donors (Lipinski definition) is 1. The van der Waals surface area contributed by atoms with Crippen LogP contribution in [0.5, 0.6) is 0 Å². The summed E-state index contributed by atoms with van der Waals surface area (Å²) >= 11 is 0. The maximum atomic E-state index is 11.2. The van der Waals surface area contributed by atoms with E-state index in [1.54, 1.807) is 18.9 Å². The molecule has 0 saturated heterocycles. The molecule has 1 aliphatic heterocycles. The standard InChI is InChI=1S/C11H18N4O4/c1-17-9(16)6-8-13-11-12-5-4-7(15(11)14-8)10(18-2)19-3/h7,10H,4-6H2,1-3H3,(H,12,13,14). The second-order valence-electron chi connectivity index (χ2n) is 4.17. The lowest BCUT2D eigenvalue weighted by Crippen LogP contribution is -2.34. The van der Waals surface area contributed by atoms with Crippen molar-refractivity contribution in [2.24, 2.45) is 0 Å². The minimum Gasteiger partial charge on any atom is -0.469 e. The third-order valence-corrected chi connectivity index (χ3v) is 3.02. The van der Waals surface area contributed by atoms with Crippen LogP contribution in [0.2, 0.25) is 0 Å². The van der Waals surface area contributed by atoms with Gasteiger partial charge in [-0.2, -0.15) is 10.1 Å². The fourth-order valence-electron chi connectivity index (χ4n) is 2.11. The quantitative estimate of drug-likeness (QED) is 0.593. The summed E-state index contributed by atoms with van der Waals surface area (Å²) in [5.41, 5.74) is 0. The Balaban J connectivity index is 2.21. The second-order valence-corrected chi connectivity index (χ2v) is 4.17. The van der Waals surface area contributed by atoms with E-state index in [-0.39, 0.29) is 18.4 Å². The van der Waals surface area contributed by atoms with Crippen molar-refractivity contribution in [2.45, 2.75) is 25.2 Å². The summed E-state index contributed by atoms with van der Waals surface area (Å²) in [6.07, 6.45) is 0.462. The van der Waals surface area contributed by atoms with Crippen LogP contribution in [0.3, 0.4) is 0 Å². The molecule has 0 bridgehead atoms. The molecule has 0 aromatic carbocycles. The number of nitrogens with one attached hydrogen (secondary N) is 1. The van der Waals surface area contributed by atoms with E-state index in [2.05, 4.69) is 20.1 Å². The Hall–Kier alpha value is -1.67. The minimum atomic E-state index is -0.395. The number of fused-ring (bicyclic) bond motifs is 1. The predicted molar refractivity (Wildman–Crippen MR) is 65.7 cm³/mol. The van der Waals surface area contributed by atoms with Crippen LogP contribution in [0.25, 0.3) is 0 Å². The molecule has 1 unspecified atom stereocenters. The monoisotopic (exact) mass is 270 g/mol. The van der Waals surface area contributed by atoms with Crippen LogP contribution in [-0.4, -0.2) is 54.9 Å². The molecule has 0 radical (unpaired) electrons. The minimum absolute atomic E-state index is 0.0511. The van der Waals surface area contributed by atoms with Gasteiger partial charge in [0.2, 0.25) is 5.95 Å². The zero-order valence-electron chi connectivity index (χ0n) is 11.3. The number of ether oxygens (including phenoxy) is 3. The summed E-state index contributed by atoms with van der Waals surface area (Å²) in [5, 5.41) is 7.45. The fourth-order valence-corrected chi connectivity index (χ4v) is 2.11. The first-order valence-corrected chi connectivity index (χ1v) is 6.01. The highest BCUT2D eigenvalue weighted by atomic mass is 16.7. The normalized spacial score (nSPS) is 18.0. The van der Waals surface area contributed by atoms with Crippen LogP contribution < -0.4 is 5.32 Å². The summed E-state index contributed by atoms with van der Waals surface area (Å²) < 4.78 is 16.9. The molecule has 1 aromatic rings. The molecule has 0 saturated carbocycles. The molecule has 106 valence electrons. The van der Waals surface area contributed by atoms with E-state index in [4.69, 9.17) is 9.47 Å². The SMILES string of the molecule is COC(=O)Cc1nc2n(n1)C(C(OC)OC)CCN2. The number of anilines is 1. The number of aromatic nitrogens is 3. The highest BCUT2D eigenvalue weighted by Gasteiger charge is 2.30. The first-order valence-electron chi connectivity index (χ1n) is 6.01. The van der Waals surface area contributed by atoms with Crippen molar-refractivity contribution in [1.82, 2.24) is 14.8 Å². The van der Waals surface area contributed by atoms with Gasteiger partial charge in [0.25, 0.3) is 0 Å². The molecule has 8 nitrogen and oxygen atoms in total. The molecule has 2 heterocycles. The van der Waals surface area contributed by atoms with Crippen LogP contribution in [-0.2, 0) is 25.4 Å². The van der Waals surface area contributed by atoms with Crippen molar-refractivity contribution in [3.63, 3.8) is 0 Å². The molecular weight excluding hydrogens is 252 g/mol. The van der Waals surface area contributed by atoms with Crippen molar-refractivity contribution in [2.75, 3.05) is 33.2 Å². The van der Waals surface area contributed by atoms with Gasteiger partial charge in [-0.15, -0.1) is 0 Å². The third-order valence-electron chi connectivity index (χ3n) is 3.02. The zero-order chi connectivity index (χ0) is 13.8. The first kappa shape index (κ1) is 13.8. The van der Waals surface area contributed by atoms with Crippen LogP contribution in [0.4, 0.5) is 5.95 Å². The Kier molecular flexibility index (Phi) is 4.33. The molecule has 0 spiro atoms. The first-order chi connectivity index (χ1) is 9.19. The molecule has 0 aliphatic carbocycles. The Labute approximate surface area is 111 Å². The average molecular weight is 270 g/mol. The van der Waals surface area contributed by atoms with E-state index in [0.717, 1.165) is 13.0 Å². The predicted octanol–water partition coefficient (Wildman–Crippen LogP) is -0.0308. The van der Waals surface area contributed by atoms with Gasteiger partial charge < -0.3 is 19.5 Å². The van der Waals surface area contributed by atoms with Crippen LogP contribution in [0, 0.1) is 0 Å². The van der Waals surface area contributed by atoms with Crippen LogP contribution in [0.15, 0.2) is 0 Å². The van der Waals surface area contributed by atoms with Crippen molar-refractivity contribution in [3.8, 4) is 0 Å². The third kappa shape index (κ3) is 2.85. The smallest absolute Gasteiger partial charge is 0.313 e. The summed E-state index contributed by atoms with van der Waals surface area (Å²) in [6, 6.07) is -0.0647. The number of esters is 1. The average Bonchev–Trinajstić information content (AvgIpc) is 2.83. The Bertz CT molecular complexity index is 444. The van der Waals surface area contributed by atoms with Gasteiger partial charge in [-0.3, -0.25) is 4.79 Å². The lowest BCUT2D eigenvalue weighted by Gasteiger charge is -2.29. The molecule has 0 amide bonds. The molecule has 0 fully saturated rings. The van der Waals surface area contributed by atoms with Crippen LogP contribution in [0.1, 0.15) is 18.3 Å². The maximum absolute atomic E-state index is 11.2. The van der Waals surface area contributed by atoms with Gasteiger partial charge in [0, 0.05) is 20.8 Å². The van der Waals surface area contributed by atoms with E-state index in [0.29, 0.717) is 11.8 Å². The van der Waals surface area contributed by atoms with Gasteiger partial charge in [0.15, 0.2) is 12.1 Å². The molecule has 8 heteroatoms. The van der Waals surface area contributed by atoms with Crippen molar-refractivity contribution in [1.29, 1.82) is 0 Å². The summed E-state index contributed by atoms with van der Waals surface area (Å²) in [5.74, 6) is 0.677. The molecule has 19 heavy (non-hydrogen) atoms. The van der Waals surface area contributed by atoms with Gasteiger partial charge in [-0.1, -0.05) is 0 Å². The number of methoxy groups -OCH3 is 3. The lowest BCUT2D eigenvalue weighted by atomic mass is 10.2. The van der Waals surface area contributed by atoms with E-state index in [9.17, 15) is 4.79 Å². The van der Waals surface area contributed by atoms with E-state index in [1.165, 1.54) is 7.11 Å². The van der Waals surface area contributed by atoms with Gasteiger partial charge in [0.1, 0.15) is 12.5 Å². The molecule has 1 aliphatic rings. The van der Waals surface area contributed by atoms with Crippen molar-refractivity contribution < 1.29 is 19.0 Å². The highest BCUT2D eigenvalue weighted by Crippen LogP contribution is 2.26. The Morgan fingerprint density at radius 2 is 2.21 bits per heavy atom. The topological polar surface area (TPSA) is 87.5 Å². The highest BCUT2D eigenvalue weighted by molar-refractivity contribution is 5.71. The van der Waals surface area contributed by atoms with Gasteiger partial charge in [-0.25, -0.2) is 4.68 Å². The Morgan fingerprint density at radius 1 is 1.47 bits per heavy atom. The van der Waals surface area contributed by atoms with Gasteiger partial charge in [-0.05, 0) is 6.42 Å². The molecular formula is C11H18N4O4. The summed E-state index contributed by atoms with van der Waals surface area (Å²) in [4.78, 5) is 15.5. The number of carbonyl (C=O) groups is 1. The fraction of sp³-hybridized carbons (Fsp3) is 0.727. The number of rotatable bonds is 5.